The van der Waals surface area contributed by atoms with E-state index in [1.54, 1.807) is 19.2 Å². The number of carbonyl (C=O) groups excluding carboxylic acids is 1. The van der Waals surface area contributed by atoms with Gasteiger partial charge in [0.25, 0.3) is 0 Å². The largest absolute Gasteiger partial charge is 0.326 e. The van der Waals surface area contributed by atoms with Crippen molar-refractivity contribution in [1.82, 2.24) is 14.1 Å². The molecule has 8 heteroatoms. The standard InChI is InChI=1S/C21H24N4O3S/c1-15-21(16(2)25(23-15)19-8-6-5-7-9-19)14-24(4)29(27,28)20-12-10-18(11-13-20)22-17(3)26/h5-13H,14H2,1-4H3,(H,22,26). The van der Waals surface area contributed by atoms with Crippen molar-refractivity contribution in [2.45, 2.75) is 32.2 Å². The SMILES string of the molecule is CC(=O)Nc1ccc(S(=O)(=O)N(C)Cc2c(C)nn(-c3ccccc3)c2C)cc1. The van der Waals surface area contributed by atoms with Gasteiger partial charge in [-0.2, -0.15) is 9.40 Å². The van der Waals surface area contributed by atoms with Crippen LogP contribution < -0.4 is 5.32 Å². The summed E-state index contributed by atoms with van der Waals surface area (Å²) in [4.78, 5) is 11.3. The maximum Gasteiger partial charge on any atom is 0.243 e. The summed E-state index contributed by atoms with van der Waals surface area (Å²) in [6, 6.07) is 15.9. The zero-order valence-corrected chi connectivity index (χ0v) is 17.7. The highest BCUT2D eigenvalue weighted by Gasteiger charge is 2.24. The first-order valence-corrected chi connectivity index (χ1v) is 10.6. The van der Waals surface area contributed by atoms with Crippen molar-refractivity contribution in [1.29, 1.82) is 0 Å². The Bertz CT molecular complexity index is 1120. The average molecular weight is 413 g/mol. The van der Waals surface area contributed by atoms with Crippen LogP contribution in [0, 0.1) is 13.8 Å². The fourth-order valence-electron chi connectivity index (χ4n) is 3.13. The Hall–Kier alpha value is -2.97. The average Bonchev–Trinajstić information content (AvgIpc) is 2.97. The van der Waals surface area contributed by atoms with Gasteiger partial charge in [0.05, 0.1) is 16.3 Å². The number of nitrogens with zero attached hydrogens (tertiary/aromatic N) is 3. The Morgan fingerprint density at radius 1 is 1.07 bits per heavy atom. The fourth-order valence-corrected chi connectivity index (χ4v) is 4.26. The summed E-state index contributed by atoms with van der Waals surface area (Å²) in [6.07, 6.45) is 0. The van der Waals surface area contributed by atoms with Gasteiger partial charge < -0.3 is 5.32 Å². The molecule has 1 amide bonds. The maximum absolute atomic E-state index is 13.0. The molecular formula is C21H24N4O3S. The minimum atomic E-state index is -3.69. The van der Waals surface area contributed by atoms with Crippen LogP contribution >= 0.6 is 0 Å². The number of aryl methyl sites for hydroxylation is 1. The van der Waals surface area contributed by atoms with E-state index in [9.17, 15) is 13.2 Å². The fraction of sp³-hybridized carbons (Fsp3) is 0.238. The summed E-state index contributed by atoms with van der Waals surface area (Å²) in [7, 11) is -2.14. The molecule has 0 aliphatic carbocycles. The van der Waals surface area contributed by atoms with Crippen LogP contribution in [0.3, 0.4) is 0 Å². The predicted molar refractivity (Wildman–Crippen MR) is 112 cm³/mol. The minimum absolute atomic E-state index is 0.167. The Morgan fingerprint density at radius 2 is 1.69 bits per heavy atom. The molecule has 29 heavy (non-hydrogen) atoms. The quantitative estimate of drug-likeness (QED) is 0.673. The van der Waals surface area contributed by atoms with Crippen LogP contribution in [0.4, 0.5) is 5.69 Å². The number of anilines is 1. The number of aromatic nitrogens is 2. The topological polar surface area (TPSA) is 84.3 Å². The van der Waals surface area contributed by atoms with Crippen LogP contribution in [0.2, 0.25) is 0 Å². The smallest absolute Gasteiger partial charge is 0.243 e. The van der Waals surface area contributed by atoms with Gasteiger partial charge in [-0.3, -0.25) is 4.79 Å². The summed E-state index contributed by atoms with van der Waals surface area (Å²) < 4.78 is 29.1. The van der Waals surface area contributed by atoms with Crippen LogP contribution in [0.15, 0.2) is 59.5 Å². The number of carbonyl (C=O) groups is 1. The molecule has 3 aromatic rings. The second-order valence-electron chi connectivity index (χ2n) is 6.86. The number of amides is 1. The Morgan fingerprint density at radius 3 is 2.28 bits per heavy atom. The van der Waals surface area contributed by atoms with Gasteiger partial charge in [0.1, 0.15) is 0 Å². The molecule has 0 saturated carbocycles. The van der Waals surface area contributed by atoms with Crippen molar-refractivity contribution in [2.24, 2.45) is 0 Å². The summed E-state index contributed by atoms with van der Waals surface area (Å²) in [5, 5.41) is 7.21. The molecule has 0 aliphatic heterocycles. The number of benzene rings is 2. The third-order valence-electron chi connectivity index (χ3n) is 4.71. The van der Waals surface area contributed by atoms with Crippen LogP contribution in [0.5, 0.6) is 0 Å². The second kappa shape index (κ2) is 8.18. The summed E-state index contributed by atoms with van der Waals surface area (Å²) >= 11 is 0. The number of nitrogens with one attached hydrogen (secondary N) is 1. The molecule has 0 bridgehead atoms. The van der Waals surface area contributed by atoms with E-state index < -0.39 is 10.0 Å². The molecule has 3 rings (SSSR count). The van der Waals surface area contributed by atoms with Crippen LogP contribution in [-0.4, -0.2) is 35.5 Å². The van der Waals surface area contributed by atoms with Gasteiger partial charge in [0.2, 0.25) is 15.9 Å². The van der Waals surface area contributed by atoms with E-state index in [2.05, 4.69) is 10.4 Å². The molecule has 0 saturated heterocycles. The molecule has 0 radical (unpaired) electrons. The molecule has 2 aromatic carbocycles. The Kier molecular flexibility index (Phi) is 5.86. The second-order valence-corrected chi connectivity index (χ2v) is 8.91. The lowest BCUT2D eigenvalue weighted by Gasteiger charge is -2.18. The van der Waals surface area contributed by atoms with Crippen LogP contribution in [-0.2, 0) is 21.4 Å². The number of rotatable bonds is 6. The number of sulfonamides is 1. The number of para-hydroxylation sites is 1. The number of hydrogen-bond acceptors (Lipinski definition) is 4. The van der Waals surface area contributed by atoms with Crippen molar-refractivity contribution in [2.75, 3.05) is 12.4 Å². The maximum atomic E-state index is 13.0. The molecule has 152 valence electrons. The Balaban J connectivity index is 1.85. The van der Waals surface area contributed by atoms with Gasteiger partial charge >= 0.3 is 0 Å². The summed E-state index contributed by atoms with van der Waals surface area (Å²) in [6.45, 7) is 5.43. The monoisotopic (exact) mass is 412 g/mol. The van der Waals surface area contributed by atoms with E-state index in [4.69, 9.17) is 0 Å². The van der Waals surface area contributed by atoms with E-state index in [1.807, 2.05) is 48.9 Å². The van der Waals surface area contributed by atoms with Crippen LogP contribution in [0.1, 0.15) is 23.9 Å². The normalized spacial score (nSPS) is 11.6. The molecule has 0 aliphatic rings. The predicted octanol–water partition coefficient (Wildman–Crippen LogP) is 3.27. The molecule has 0 atom stereocenters. The minimum Gasteiger partial charge on any atom is -0.326 e. The lowest BCUT2D eigenvalue weighted by molar-refractivity contribution is -0.114. The molecule has 0 unspecified atom stereocenters. The van der Waals surface area contributed by atoms with E-state index in [0.29, 0.717) is 5.69 Å². The first kappa shape index (κ1) is 20.8. The van der Waals surface area contributed by atoms with Crippen molar-refractivity contribution in [3.8, 4) is 5.69 Å². The van der Waals surface area contributed by atoms with Crippen molar-refractivity contribution in [3.05, 3.63) is 71.5 Å². The zero-order valence-electron chi connectivity index (χ0n) is 16.9. The van der Waals surface area contributed by atoms with Crippen molar-refractivity contribution in [3.63, 3.8) is 0 Å². The first-order chi connectivity index (χ1) is 13.7. The zero-order chi connectivity index (χ0) is 21.2. The first-order valence-electron chi connectivity index (χ1n) is 9.14. The van der Waals surface area contributed by atoms with Gasteiger partial charge in [-0.1, -0.05) is 18.2 Å². The van der Waals surface area contributed by atoms with Gasteiger partial charge in [-0.15, -0.1) is 0 Å². The third kappa shape index (κ3) is 4.38. The molecule has 0 spiro atoms. The van der Waals surface area contributed by atoms with Crippen molar-refractivity contribution < 1.29 is 13.2 Å². The van der Waals surface area contributed by atoms with Gasteiger partial charge in [-0.05, 0) is 50.2 Å². The van der Waals surface area contributed by atoms with E-state index in [0.717, 1.165) is 22.6 Å². The number of hydrogen-bond donors (Lipinski definition) is 1. The van der Waals surface area contributed by atoms with E-state index in [1.165, 1.54) is 23.4 Å². The van der Waals surface area contributed by atoms with Crippen LogP contribution in [0.25, 0.3) is 5.69 Å². The highest BCUT2D eigenvalue weighted by atomic mass is 32.2. The van der Waals surface area contributed by atoms with Crippen molar-refractivity contribution >= 4 is 21.6 Å². The van der Waals surface area contributed by atoms with E-state index >= 15 is 0 Å². The highest BCUT2D eigenvalue weighted by Crippen LogP contribution is 2.23. The molecular weight excluding hydrogens is 388 g/mol. The van der Waals surface area contributed by atoms with E-state index in [-0.39, 0.29) is 17.3 Å². The highest BCUT2D eigenvalue weighted by molar-refractivity contribution is 7.89. The summed E-state index contributed by atoms with van der Waals surface area (Å²) in [5.41, 5.74) is 4.04. The molecule has 7 nitrogen and oxygen atoms in total. The summed E-state index contributed by atoms with van der Waals surface area (Å²) in [5.74, 6) is -0.209. The van der Waals surface area contributed by atoms with Gasteiger partial charge in [0.15, 0.2) is 0 Å². The Labute approximate surface area is 171 Å². The lowest BCUT2D eigenvalue weighted by Crippen LogP contribution is -2.27. The van der Waals surface area contributed by atoms with Gasteiger partial charge in [0, 0.05) is 37.5 Å². The lowest BCUT2D eigenvalue weighted by atomic mass is 10.2. The van der Waals surface area contributed by atoms with Gasteiger partial charge in [-0.25, -0.2) is 13.1 Å². The molecule has 1 aromatic heterocycles. The molecule has 0 fully saturated rings. The third-order valence-corrected chi connectivity index (χ3v) is 6.52. The molecule has 1 N–H and O–H groups in total. The molecule has 1 heterocycles.